The zero-order valence-electron chi connectivity index (χ0n) is 22.8. The third-order valence-electron chi connectivity index (χ3n) is 9.82. The van der Waals surface area contributed by atoms with Crippen molar-refractivity contribution in [2.45, 2.75) is 76.8 Å². The lowest BCUT2D eigenvalue weighted by molar-refractivity contribution is 0.145. The summed E-state index contributed by atoms with van der Waals surface area (Å²) in [4.78, 5) is 0. The van der Waals surface area contributed by atoms with Crippen molar-refractivity contribution in [3.63, 3.8) is 0 Å². The van der Waals surface area contributed by atoms with E-state index in [2.05, 4.69) is 111 Å². The summed E-state index contributed by atoms with van der Waals surface area (Å²) in [5.41, 5.74) is 0.684. The van der Waals surface area contributed by atoms with Gasteiger partial charge in [0.25, 0.3) is 0 Å². The number of benzene rings is 3. The highest BCUT2D eigenvalue weighted by atomic mass is 31.2. The van der Waals surface area contributed by atoms with Crippen molar-refractivity contribution in [2.75, 3.05) is 0 Å². The van der Waals surface area contributed by atoms with Gasteiger partial charge in [0.1, 0.15) is 23.2 Å². The molecule has 0 spiro atoms. The van der Waals surface area contributed by atoms with Crippen molar-refractivity contribution in [1.29, 1.82) is 0 Å². The van der Waals surface area contributed by atoms with Crippen LogP contribution in [0.3, 0.4) is 0 Å². The second kappa shape index (κ2) is 12.6. The van der Waals surface area contributed by atoms with E-state index >= 15 is 0 Å². The predicted molar refractivity (Wildman–Crippen MR) is 165 cm³/mol. The van der Waals surface area contributed by atoms with Gasteiger partial charge in [-0.3, -0.25) is 0 Å². The minimum atomic E-state index is -1.81. The molecule has 3 aromatic rings. The molecular weight excluding hydrogens is 463 g/mol. The van der Waals surface area contributed by atoms with Crippen LogP contribution >= 0.6 is 7.26 Å². The Kier molecular flexibility index (Phi) is 8.99. The topological polar surface area (TPSA) is 0 Å². The van der Waals surface area contributed by atoms with Crippen LogP contribution in [0.1, 0.15) is 71.1 Å². The summed E-state index contributed by atoms with van der Waals surface area (Å²) in [5.74, 6) is 3.63. The van der Waals surface area contributed by atoms with E-state index in [0.29, 0.717) is 5.66 Å². The summed E-state index contributed by atoms with van der Waals surface area (Å²) in [6.45, 7) is 6.46. The van der Waals surface area contributed by atoms with Crippen molar-refractivity contribution in [1.82, 2.24) is 0 Å². The maximum atomic E-state index is 3.98. The van der Waals surface area contributed by atoms with Crippen molar-refractivity contribution < 1.29 is 0 Å². The highest BCUT2D eigenvalue weighted by Gasteiger charge is 2.54. The van der Waals surface area contributed by atoms with Crippen molar-refractivity contribution in [3.8, 4) is 0 Å². The second-order valence-electron chi connectivity index (χ2n) is 11.7. The Morgan fingerprint density at radius 2 is 1.05 bits per heavy atom. The standard InChI is InChI=1S/C36H46P/c1-3-14-29-21-23-30(24-22-29)31-25-27-32(28-26-31)36(4-2)37(33-15-8-5-9-16-33,34-17-10-6-11-18-34)35-19-12-7-13-20-35/h3,5-13,15-20,29-32,36H,1,4,14,21-28H2,2H3/q+1. The fourth-order valence-corrected chi connectivity index (χ4v) is 13.5. The first-order chi connectivity index (χ1) is 18.3. The number of allylic oxidation sites excluding steroid dienone is 1. The van der Waals surface area contributed by atoms with E-state index < -0.39 is 7.26 Å². The van der Waals surface area contributed by atoms with Crippen LogP contribution in [0.25, 0.3) is 0 Å². The molecular formula is C36H46P+. The molecule has 0 aliphatic heterocycles. The minimum absolute atomic E-state index is 0.684. The fraction of sp³-hybridized carbons (Fsp3) is 0.444. The zero-order chi connectivity index (χ0) is 25.5. The molecule has 2 aliphatic rings. The van der Waals surface area contributed by atoms with Gasteiger partial charge in [0.15, 0.2) is 0 Å². The van der Waals surface area contributed by atoms with Gasteiger partial charge in [-0.2, -0.15) is 0 Å². The highest BCUT2D eigenvalue weighted by Crippen LogP contribution is 2.64. The van der Waals surface area contributed by atoms with Crippen LogP contribution in [0.4, 0.5) is 0 Å². The molecule has 1 heteroatoms. The average Bonchev–Trinajstić information content (AvgIpc) is 2.98. The van der Waals surface area contributed by atoms with Gasteiger partial charge in [-0.25, -0.2) is 0 Å². The summed E-state index contributed by atoms with van der Waals surface area (Å²) >= 11 is 0. The normalized spacial score (nSPS) is 25.3. The van der Waals surface area contributed by atoms with Crippen LogP contribution in [-0.2, 0) is 0 Å². The molecule has 2 fully saturated rings. The van der Waals surface area contributed by atoms with Crippen LogP contribution < -0.4 is 15.9 Å². The molecule has 0 saturated heterocycles. The fourth-order valence-electron chi connectivity index (χ4n) is 8.07. The van der Waals surface area contributed by atoms with Gasteiger partial charge < -0.3 is 0 Å². The lowest BCUT2D eigenvalue weighted by Crippen LogP contribution is -2.43. The van der Waals surface area contributed by atoms with Crippen molar-refractivity contribution in [2.24, 2.45) is 23.7 Å². The van der Waals surface area contributed by atoms with E-state index in [1.54, 1.807) is 15.9 Å². The Balaban J connectivity index is 1.45. The third kappa shape index (κ3) is 5.52. The molecule has 0 radical (unpaired) electrons. The van der Waals surface area contributed by atoms with E-state index in [0.717, 1.165) is 23.7 Å². The van der Waals surface area contributed by atoms with E-state index in [1.165, 1.54) is 64.2 Å². The molecule has 0 aromatic heterocycles. The molecule has 2 aliphatic carbocycles. The SMILES string of the molecule is C=CCC1CCC(C2CCC(C(CC)[P+](c3ccccc3)(c3ccccc3)c3ccccc3)CC2)CC1. The Morgan fingerprint density at radius 1 is 0.649 bits per heavy atom. The van der Waals surface area contributed by atoms with E-state index in [1.807, 2.05) is 0 Å². The molecule has 0 heterocycles. The molecule has 0 N–H and O–H groups in total. The summed E-state index contributed by atoms with van der Waals surface area (Å²) in [5, 5.41) is 4.67. The van der Waals surface area contributed by atoms with E-state index in [9.17, 15) is 0 Å². The first kappa shape index (κ1) is 26.4. The molecule has 194 valence electrons. The van der Waals surface area contributed by atoms with Gasteiger partial charge in [0.2, 0.25) is 0 Å². The molecule has 0 amide bonds. The zero-order valence-corrected chi connectivity index (χ0v) is 23.7. The molecule has 3 aromatic carbocycles. The van der Waals surface area contributed by atoms with Gasteiger partial charge in [-0.15, -0.1) is 6.58 Å². The smallest absolute Gasteiger partial charge is 0.103 e. The number of hydrogen-bond acceptors (Lipinski definition) is 0. The van der Waals surface area contributed by atoms with Gasteiger partial charge in [0.05, 0.1) is 5.66 Å². The summed E-state index contributed by atoms with van der Waals surface area (Å²) in [7, 11) is -1.81. The number of hydrogen-bond donors (Lipinski definition) is 0. The lowest BCUT2D eigenvalue weighted by atomic mass is 9.68. The Hall–Kier alpha value is -2.17. The lowest BCUT2D eigenvalue weighted by Gasteiger charge is -2.43. The predicted octanol–water partition coefficient (Wildman–Crippen LogP) is 8.95. The van der Waals surface area contributed by atoms with Crippen LogP contribution in [-0.4, -0.2) is 5.66 Å². The molecule has 5 rings (SSSR count). The summed E-state index contributed by atoms with van der Waals surface area (Å²) in [6.07, 6.45) is 16.1. The van der Waals surface area contributed by atoms with Crippen molar-refractivity contribution >= 4 is 23.2 Å². The van der Waals surface area contributed by atoms with Crippen LogP contribution in [0.15, 0.2) is 104 Å². The molecule has 1 atom stereocenters. The van der Waals surface area contributed by atoms with Crippen LogP contribution in [0, 0.1) is 23.7 Å². The quantitative estimate of drug-likeness (QED) is 0.199. The number of rotatable bonds is 9. The molecule has 0 bridgehead atoms. The molecule has 1 unspecified atom stereocenters. The second-order valence-corrected chi connectivity index (χ2v) is 15.3. The Morgan fingerprint density at radius 3 is 1.43 bits per heavy atom. The van der Waals surface area contributed by atoms with Crippen LogP contribution in [0.5, 0.6) is 0 Å². The average molecular weight is 510 g/mol. The Bertz CT molecular complexity index is 977. The van der Waals surface area contributed by atoms with E-state index in [-0.39, 0.29) is 0 Å². The largest absolute Gasteiger partial charge is 0.115 e. The summed E-state index contributed by atoms with van der Waals surface area (Å²) in [6, 6.07) is 34.8. The molecule has 37 heavy (non-hydrogen) atoms. The molecule has 0 nitrogen and oxygen atoms in total. The van der Waals surface area contributed by atoms with Gasteiger partial charge in [-0.1, -0.05) is 67.6 Å². The van der Waals surface area contributed by atoms with Crippen molar-refractivity contribution in [3.05, 3.63) is 104 Å². The highest BCUT2D eigenvalue weighted by molar-refractivity contribution is 7.96. The summed E-state index contributed by atoms with van der Waals surface area (Å²) < 4.78 is 0. The van der Waals surface area contributed by atoms with Gasteiger partial charge in [-0.05, 0) is 124 Å². The minimum Gasteiger partial charge on any atom is -0.103 e. The first-order valence-corrected chi connectivity index (χ1v) is 16.8. The van der Waals surface area contributed by atoms with Gasteiger partial charge >= 0.3 is 0 Å². The Labute approximate surface area is 226 Å². The van der Waals surface area contributed by atoms with E-state index in [4.69, 9.17) is 0 Å². The first-order valence-electron chi connectivity index (χ1n) is 14.9. The maximum Gasteiger partial charge on any atom is 0.115 e. The van der Waals surface area contributed by atoms with Crippen LogP contribution in [0.2, 0.25) is 0 Å². The molecule has 2 saturated carbocycles. The monoisotopic (exact) mass is 509 g/mol. The maximum absolute atomic E-state index is 3.98. The van der Waals surface area contributed by atoms with Gasteiger partial charge in [0, 0.05) is 0 Å². The third-order valence-corrected chi connectivity index (χ3v) is 14.9.